The van der Waals surface area contributed by atoms with Crippen LogP contribution in [0.4, 0.5) is 4.39 Å². The van der Waals surface area contributed by atoms with Gasteiger partial charge in [-0.1, -0.05) is 24.3 Å². The highest BCUT2D eigenvalue weighted by atomic mass is 19.1. The van der Waals surface area contributed by atoms with Gasteiger partial charge in [-0.2, -0.15) is 0 Å². The zero-order chi connectivity index (χ0) is 19.1. The summed E-state index contributed by atoms with van der Waals surface area (Å²) in [5.74, 6) is -1.27. The number of halogens is 1. The molecule has 0 aliphatic carbocycles. The fourth-order valence-electron chi connectivity index (χ4n) is 2.37. The highest BCUT2D eigenvalue weighted by Gasteiger charge is 2.12. The minimum absolute atomic E-state index is 0.0334. The van der Waals surface area contributed by atoms with Crippen LogP contribution in [0, 0.1) is 5.82 Å². The monoisotopic (exact) mass is 364 g/mol. The van der Waals surface area contributed by atoms with Crippen molar-refractivity contribution in [3.8, 4) is 0 Å². The Balaban J connectivity index is 1.61. The molecule has 7 heteroatoms. The number of carbonyl (C=O) groups is 2. The summed E-state index contributed by atoms with van der Waals surface area (Å²) in [6.07, 6.45) is 3.28. The second kappa shape index (κ2) is 8.66. The Hall–Kier alpha value is -3.61. The number of rotatable bonds is 6. The van der Waals surface area contributed by atoms with Crippen LogP contribution in [0.3, 0.4) is 0 Å². The van der Waals surface area contributed by atoms with Crippen molar-refractivity contribution in [2.24, 2.45) is 0 Å². The van der Waals surface area contributed by atoms with Gasteiger partial charge in [0.2, 0.25) is 0 Å². The van der Waals surface area contributed by atoms with E-state index in [0.29, 0.717) is 12.1 Å². The van der Waals surface area contributed by atoms with Gasteiger partial charge in [0.15, 0.2) is 0 Å². The quantitative estimate of drug-likeness (QED) is 0.704. The second-order valence-electron chi connectivity index (χ2n) is 5.72. The maximum atomic E-state index is 13.6. The van der Waals surface area contributed by atoms with Crippen LogP contribution in [0.5, 0.6) is 0 Å². The highest BCUT2D eigenvalue weighted by molar-refractivity contribution is 5.96. The lowest BCUT2D eigenvalue weighted by Gasteiger charge is -2.08. The summed E-state index contributed by atoms with van der Waals surface area (Å²) < 4.78 is 13.6. The first-order valence-electron chi connectivity index (χ1n) is 8.29. The molecule has 0 bridgehead atoms. The molecule has 6 nitrogen and oxygen atoms in total. The largest absolute Gasteiger partial charge is 0.347 e. The Morgan fingerprint density at radius 3 is 2.11 bits per heavy atom. The van der Waals surface area contributed by atoms with E-state index in [-0.39, 0.29) is 17.9 Å². The van der Waals surface area contributed by atoms with E-state index in [1.54, 1.807) is 48.8 Å². The van der Waals surface area contributed by atoms with Gasteiger partial charge in [-0.3, -0.25) is 14.6 Å². The number of nitrogens with one attached hydrogen (secondary N) is 2. The Bertz CT molecular complexity index is 947. The molecule has 136 valence electrons. The van der Waals surface area contributed by atoms with Gasteiger partial charge in [0.1, 0.15) is 17.2 Å². The second-order valence-corrected chi connectivity index (χ2v) is 5.72. The lowest BCUT2D eigenvalue weighted by atomic mass is 10.2. The standard InChI is InChI=1S/C20H17FN4O2/c21-16-5-2-1-4-15(16)13-24-20(27)18-7-3-6-17(25-18)19(26)23-12-14-8-10-22-11-9-14/h1-11H,12-13H2,(H,23,26)(H,24,27). The summed E-state index contributed by atoms with van der Waals surface area (Å²) in [4.78, 5) is 32.5. The molecule has 2 N–H and O–H groups in total. The number of carbonyl (C=O) groups excluding carboxylic acids is 2. The zero-order valence-electron chi connectivity index (χ0n) is 14.4. The predicted octanol–water partition coefficient (Wildman–Crippen LogP) is 2.48. The molecule has 0 saturated heterocycles. The van der Waals surface area contributed by atoms with E-state index in [4.69, 9.17) is 0 Å². The van der Waals surface area contributed by atoms with E-state index >= 15 is 0 Å². The number of pyridine rings is 2. The smallest absolute Gasteiger partial charge is 0.270 e. The van der Waals surface area contributed by atoms with Gasteiger partial charge < -0.3 is 10.6 Å². The van der Waals surface area contributed by atoms with E-state index < -0.39 is 17.6 Å². The van der Waals surface area contributed by atoms with Crippen LogP contribution in [0.15, 0.2) is 67.0 Å². The van der Waals surface area contributed by atoms with Gasteiger partial charge >= 0.3 is 0 Å². The Kier molecular flexibility index (Phi) is 5.84. The lowest BCUT2D eigenvalue weighted by molar-refractivity contribution is 0.0941. The average Bonchev–Trinajstić information content (AvgIpc) is 2.72. The summed E-state index contributed by atoms with van der Waals surface area (Å²) in [7, 11) is 0. The summed E-state index contributed by atoms with van der Waals surface area (Å²) in [6.45, 7) is 0.360. The summed E-state index contributed by atoms with van der Waals surface area (Å²) in [6, 6.07) is 14.4. The van der Waals surface area contributed by atoms with Crippen LogP contribution in [0.2, 0.25) is 0 Å². The van der Waals surface area contributed by atoms with E-state index in [9.17, 15) is 14.0 Å². The molecule has 27 heavy (non-hydrogen) atoms. The SMILES string of the molecule is O=C(NCc1ccncc1)c1cccc(C(=O)NCc2ccccc2F)n1. The van der Waals surface area contributed by atoms with Gasteiger partial charge in [0.05, 0.1) is 0 Å². The molecule has 3 rings (SSSR count). The molecule has 0 aliphatic rings. The number of nitrogens with zero attached hydrogens (tertiary/aromatic N) is 2. The number of amides is 2. The highest BCUT2D eigenvalue weighted by Crippen LogP contribution is 2.07. The average molecular weight is 364 g/mol. The molecule has 0 fully saturated rings. The van der Waals surface area contributed by atoms with Crippen molar-refractivity contribution in [3.63, 3.8) is 0 Å². The third kappa shape index (κ3) is 4.94. The zero-order valence-corrected chi connectivity index (χ0v) is 14.4. The van der Waals surface area contributed by atoms with Crippen LogP contribution in [0.25, 0.3) is 0 Å². The predicted molar refractivity (Wildman–Crippen MR) is 97.2 cm³/mol. The third-order valence-electron chi connectivity index (χ3n) is 3.81. The van der Waals surface area contributed by atoms with Crippen LogP contribution in [-0.2, 0) is 13.1 Å². The van der Waals surface area contributed by atoms with E-state index in [1.165, 1.54) is 18.2 Å². The van der Waals surface area contributed by atoms with E-state index in [0.717, 1.165) is 5.56 Å². The van der Waals surface area contributed by atoms with E-state index in [1.807, 2.05) is 0 Å². The van der Waals surface area contributed by atoms with Crippen molar-refractivity contribution in [1.29, 1.82) is 0 Å². The molecule has 0 aliphatic heterocycles. The van der Waals surface area contributed by atoms with Crippen molar-refractivity contribution in [2.45, 2.75) is 13.1 Å². The fraction of sp³-hybridized carbons (Fsp3) is 0.100. The normalized spacial score (nSPS) is 10.3. The van der Waals surface area contributed by atoms with Crippen LogP contribution in [0.1, 0.15) is 32.1 Å². The topological polar surface area (TPSA) is 84.0 Å². The number of hydrogen-bond donors (Lipinski definition) is 2. The van der Waals surface area contributed by atoms with Crippen molar-refractivity contribution >= 4 is 11.8 Å². The molecule has 0 spiro atoms. The maximum absolute atomic E-state index is 13.6. The number of benzene rings is 1. The fourth-order valence-corrected chi connectivity index (χ4v) is 2.37. The summed E-state index contributed by atoms with van der Waals surface area (Å²) >= 11 is 0. The minimum Gasteiger partial charge on any atom is -0.347 e. The van der Waals surface area contributed by atoms with Gasteiger partial charge in [-0.05, 0) is 35.9 Å². The number of hydrogen-bond acceptors (Lipinski definition) is 4. The van der Waals surface area contributed by atoms with Crippen molar-refractivity contribution in [1.82, 2.24) is 20.6 Å². The van der Waals surface area contributed by atoms with Crippen LogP contribution >= 0.6 is 0 Å². The molecule has 0 radical (unpaired) electrons. The van der Waals surface area contributed by atoms with Crippen LogP contribution < -0.4 is 10.6 Å². The van der Waals surface area contributed by atoms with Crippen molar-refractivity contribution < 1.29 is 14.0 Å². The third-order valence-corrected chi connectivity index (χ3v) is 3.81. The molecule has 2 amide bonds. The first-order chi connectivity index (χ1) is 13.1. The molecule has 3 aromatic rings. The van der Waals surface area contributed by atoms with Crippen molar-refractivity contribution in [2.75, 3.05) is 0 Å². The molecule has 2 aromatic heterocycles. The Morgan fingerprint density at radius 2 is 1.44 bits per heavy atom. The minimum atomic E-state index is -0.484. The molecule has 0 atom stereocenters. The molecule has 0 unspecified atom stereocenters. The summed E-state index contributed by atoms with van der Waals surface area (Å²) in [5, 5.41) is 5.34. The van der Waals surface area contributed by atoms with Gasteiger partial charge in [0.25, 0.3) is 11.8 Å². The molecule has 1 aromatic carbocycles. The Morgan fingerprint density at radius 1 is 0.815 bits per heavy atom. The lowest BCUT2D eigenvalue weighted by Crippen LogP contribution is -2.27. The van der Waals surface area contributed by atoms with Gasteiger partial charge in [0, 0.05) is 31.0 Å². The molecular formula is C20H17FN4O2. The number of aromatic nitrogens is 2. The van der Waals surface area contributed by atoms with Crippen molar-refractivity contribution in [3.05, 3.63) is 95.3 Å². The van der Waals surface area contributed by atoms with Gasteiger partial charge in [-0.25, -0.2) is 9.37 Å². The first-order valence-corrected chi connectivity index (χ1v) is 8.29. The first kappa shape index (κ1) is 18.2. The van der Waals surface area contributed by atoms with Crippen LogP contribution in [-0.4, -0.2) is 21.8 Å². The van der Waals surface area contributed by atoms with Gasteiger partial charge in [-0.15, -0.1) is 0 Å². The summed E-state index contributed by atoms with van der Waals surface area (Å²) in [5.41, 5.74) is 1.49. The Labute approximate surface area is 155 Å². The van der Waals surface area contributed by atoms with E-state index in [2.05, 4.69) is 20.6 Å². The molecule has 0 saturated carbocycles. The molecule has 2 heterocycles. The molecular weight excluding hydrogens is 347 g/mol. The maximum Gasteiger partial charge on any atom is 0.270 e.